The third-order valence-electron chi connectivity index (χ3n) is 3.17. The van der Waals surface area contributed by atoms with Crippen molar-refractivity contribution >= 4 is 10.8 Å². The number of likely N-dealkylation sites (N-methyl/N-ethyl adjacent to an activating group) is 1. The van der Waals surface area contributed by atoms with Crippen LogP contribution in [-0.2, 0) is 0 Å². The molecule has 0 aliphatic carbocycles. The molecule has 0 radical (unpaired) electrons. The molecule has 2 aromatic carbocycles. The molecule has 0 aromatic heterocycles. The van der Waals surface area contributed by atoms with Crippen LogP contribution in [0.15, 0.2) is 42.5 Å². The second kappa shape index (κ2) is 5.85. The molecule has 96 valence electrons. The fourth-order valence-electron chi connectivity index (χ4n) is 1.88. The topological polar surface area (TPSA) is 38.5 Å². The van der Waals surface area contributed by atoms with E-state index in [1.54, 1.807) is 0 Å². The zero-order valence-corrected chi connectivity index (χ0v) is 11.0. The summed E-state index contributed by atoms with van der Waals surface area (Å²) in [6.45, 7) is 1.21. The summed E-state index contributed by atoms with van der Waals surface area (Å²) < 4.78 is 5.81. The van der Waals surface area contributed by atoms with Gasteiger partial charge in [-0.25, -0.2) is 0 Å². The van der Waals surface area contributed by atoms with E-state index in [9.17, 15) is 0 Å². The van der Waals surface area contributed by atoms with Gasteiger partial charge in [-0.05, 0) is 37.0 Å². The summed E-state index contributed by atoms with van der Waals surface area (Å²) in [5, 5.41) is 2.43. The van der Waals surface area contributed by atoms with Crippen LogP contribution in [0.4, 0.5) is 0 Å². The van der Waals surface area contributed by atoms with Crippen LogP contribution in [0.25, 0.3) is 10.8 Å². The van der Waals surface area contributed by atoms with Crippen molar-refractivity contribution in [1.82, 2.24) is 4.90 Å². The summed E-state index contributed by atoms with van der Waals surface area (Å²) in [4.78, 5) is 2.08. The van der Waals surface area contributed by atoms with Crippen LogP contribution in [0.5, 0.6) is 5.75 Å². The van der Waals surface area contributed by atoms with Gasteiger partial charge in [0.1, 0.15) is 12.4 Å². The number of nitrogens with two attached hydrogens (primary N) is 1. The predicted octanol–water partition coefficient (Wildman–Crippen LogP) is 2.11. The molecule has 0 saturated carbocycles. The molecule has 0 bridgehead atoms. The molecule has 0 spiro atoms. The van der Waals surface area contributed by atoms with Crippen LogP contribution in [0, 0.1) is 0 Å². The highest BCUT2D eigenvalue weighted by atomic mass is 16.5. The van der Waals surface area contributed by atoms with Crippen molar-refractivity contribution in [2.45, 2.75) is 6.04 Å². The van der Waals surface area contributed by atoms with Crippen molar-refractivity contribution in [3.05, 3.63) is 42.5 Å². The SMILES string of the molecule is CN(C)C(CN)COc1ccc2ccccc2c1. The van der Waals surface area contributed by atoms with Gasteiger partial charge in [0, 0.05) is 6.54 Å². The number of nitrogens with zero attached hydrogens (tertiary/aromatic N) is 1. The van der Waals surface area contributed by atoms with Gasteiger partial charge < -0.3 is 15.4 Å². The first-order valence-corrected chi connectivity index (χ1v) is 6.19. The van der Waals surface area contributed by atoms with Crippen molar-refractivity contribution < 1.29 is 4.74 Å². The van der Waals surface area contributed by atoms with Crippen LogP contribution in [0.2, 0.25) is 0 Å². The monoisotopic (exact) mass is 244 g/mol. The number of ether oxygens (including phenoxy) is 1. The van der Waals surface area contributed by atoms with Crippen LogP contribution >= 0.6 is 0 Å². The van der Waals surface area contributed by atoms with Gasteiger partial charge in [0.25, 0.3) is 0 Å². The zero-order chi connectivity index (χ0) is 13.0. The van der Waals surface area contributed by atoms with Gasteiger partial charge in [-0.2, -0.15) is 0 Å². The van der Waals surface area contributed by atoms with Crippen molar-refractivity contribution in [3.63, 3.8) is 0 Å². The molecule has 0 saturated heterocycles. The minimum atomic E-state index is 0.247. The smallest absolute Gasteiger partial charge is 0.120 e. The number of hydrogen-bond acceptors (Lipinski definition) is 3. The van der Waals surface area contributed by atoms with E-state index in [0.717, 1.165) is 5.75 Å². The van der Waals surface area contributed by atoms with E-state index in [2.05, 4.69) is 29.2 Å². The minimum absolute atomic E-state index is 0.247. The van der Waals surface area contributed by atoms with Gasteiger partial charge in [0.2, 0.25) is 0 Å². The second-order valence-electron chi connectivity index (χ2n) is 4.67. The standard InChI is InChI=1S/C15H20N2O/c1-17(2)14(10-16)11-18-15-8-7-12-5-3-4-6-13(12)9-15/h3-9,14H,10-11,16H2,1-2H3. The highest BCUT2D eigenvalue weighted by Gasteiger charge is 2.09. The Kier molecular flexibility index (Phi) is 4.18. The molecule has 1 atom stereocenters. The molecule has 0 heterocycles. The van der Waals surface area contributed by atoms with E-state index in [4.69, 9.17) is 10.5 Å². The first-order chi connectivity index (χ1) is 8.70. The molecular formula is C15H20N2O. The maximum Gasteiger partial charge on any atom is 0.120 e. The third-order valence-corrected chi connectivity index (χ3v) is 3.17. The van der Waals surface area contributed by atoms with Gasteiger partial charge in [0.05, 0.1) is 6.04 Å². The number of rotatable bonds is 5. The summed E-state index contributed by atoms with van der Waals surface area (Å²) in [5.74, 6) is 0.897. The predicted molar refractivity (Wildman–Crippen MR) is 76.0 cm³/mol. The van der Waals surface area contributed by atoms with Crippen molar-refractivity contribution in [2.75, 3.05) is 27.2 Å². The molecule has 1 unspecified atom stereocenters. The fourth-order valence-corrected chi connectivity index (χ4v) is 1.88. The van der Waals surface area contributed by atoms with Crippen LogP contribution in [0.1, 0.15) is 0 Å². The molecule has 3 heteroatoms. The Labute approximate surface area is 108 Å². The van der Waals surface area contributed by atoms with E-state index < -0.39 is 0 Å². The zero-order valence-electron chi connectivity index (χ0n) is 11.0. The molecule has 3 nitrogen and oxygen atoms in total. The summed E-state index contributed by atoms with van der Waals surface area (Å²) >= 11 is 0. The first-order valence-electron chi connectivity index (χ1n) is 6.19. The lowest BCUT2D eigenvalue weighted by Gasteiger charge is -2.22. The van der Waals surface area contributed by atoms with Gasteiger partial charge in [-0.15, -0.1) is 0 Å². The Morgan fingerprint density at radius 2 is 1.83 bits per heavy atom. The highest BCUT2D eigenvalue weighted by molar-refractivity contribution is 5.83. The van der Waals surface area contributed by atoms with Crippen molar-refractivity contribution in [2.24, 2.45) is 5.73 Å². The number of fused-ring (bicyclic) bond motifs is 1. The molecule has 2 rings (SSSR count). The lowest BCUT2D eigenvalue weighted by atomic mass is 10.1. The molecule has 0 amide bonds. The Hall–Kier alpha value is -1.58. The Bertz CT molecular complexity index is 511. The molecule has 2 N–H and O–H groups in total. The van der Waals surface area contributed by atoms with Gasteiger partial charge in [-0.1, -0.05) is 30.3 Å². The Morgan fingerprint density at radius 1 is 1.11 bits per heavy atom. The van der Waals surface area contributed by atoms with Crippen molar-refractivity contribution in [1.29, 1.82) is 0 Å². The number of hydrogen-bond donors (Lipinski definition) is 1. The molecule has 0 aliphatic rings. The van der Waals surface area contributed by atoms with E-state index in [0.29, 0.717) is 13.2 Å². The summed E-state index contributed by atoms with van der Waals surface area (Å²) in [6, 6.07) is 14.7. The lowest BCUT2D eigenvalue weighted by Crippen LogP contribution is -2.39. The van der Waals surface area contributed by atoms with E-state index in [1.807, 2.05) is 32.3 Å². The average molecular weight is 244 g/mol. The van der Waals surface area contributed by atoms with Gasteiger partial charge >= 0.3 is 0 Å². The van der Waals surface area contributed by atoms with E-state index in [1.165, 1.54) is 10.8 Å². The number of benzene rings is 2. The summed E-state index contributed by atoms with van der Waals surface area (Å²) in [6.07, 6.45) is 0. The molecule has 0 aliphatic heterocycles. The molecular weight excluding hydrogens is 224 g/mol. The molecule has 18 heavy (non-hydrogen) atoms. The van der Waals surface area contributed by atoms with Crippen LogP contribution < -0.4 is 10.5 Å². The summed E-state index contributed by atoms with van der Waals surface area (Å²) in [5.41, 5.74) is 5.71. The third kappa shape index (κ3) is 3.00. The van der Waals surface area contributed by atoms with Crippen molar-refractivity contribution in [3.8, 4) is 5.75 Å². The van der Waals surface area contributed by atoms with Gasteiger partial charge in [0.15, 0.2) is 0 Å². The first kappa shape index (κ1) is 12.9. The van der Waals surface area contributed by atoms with Crippen LogP contribution in [-0.4, -0.2) is 38.2 Å². The highest BCUT2D eigenvalue weighted by Crippen LogP contribution is 2.20. The Morgan fingerprint density at radius 3 is 2.50 bits per heavy atom. The largest absolute Gasteiger partial charge is 0.492 e. The fraction of sp³-hybridized carbons (Fsp3) is 0.333. The normalized spacial score (nSPS) is 12.9. The maximum absolute atomic E-state index is 5.81. The summed E-state index contributed by atoms with van der Waals surface area (Å²) in [7, 11) is 4.03. The average Bonchev–Trinajstić information content (AvgIpc) is 2.39. The second-order valence-corrected chi connectivity index (χ2v) is 4.67. The minimum Gasteiger partial charge on any atom is -0.492 e. The lowest BCUT2D eigenvalue weighted by molar-refractivity contribution is 0.190. The van der Waals surface area contributed by atoms with Crippen LogP contribution in [0.3, 0.4) is 0 Å². The quantitative estimate of drug-likeness (QED) is 0.875. The van der Waals surface area contributed by atoms with E-state index in [-0.39, 0.29) is 6.04 Å². The van der Waals surface area contributed by atoms with Gasteiger partial charge in [-0.3, -0.25) is 0 Å². The van der Waals surface area contributed by atoms with E-state index >= 15 is 0 Å². The molecule has 0 fully saturated rings. The Balaban J connectivity index is 2.07. The molecule has 2 aromatic rings. The maximum atomic E-state index is 5.81.